The van der Waals surface area contributed by atoms with Crippen LogP contribution >= 0.6 is 11.3 Å². The molecule has 1 unspecified atom stereocenters. The molecule has 126 valence electrons. The summed E-state index contributed by atoms with van der Waals surface area (Å²) in [5.41, 5.74) is 6.46. The number of benzene rings is 2. The predicted molar refractivity (Wildman–Crippen MR) is 97.6 cm³/mol. The fourth-order valence-electron chi connectivity index (χ4n) is 2.48. The number of rotatable bonds is 5. The van der Waals surface area contributed by atoms with E-state index >= 15 is 0 Å². The number of carbonyl (C=O) groups is 1. The van der Waals surface area contributed by atoms with Gasteiger partial charge in [0.25, 0.3) is 11.6 Å². The number of nitrogens with one attached hydrogen (secondary N) is 1. The molecule has 0 radical (unpaired) electrons. The Balaban J connectivity index is 1.91. The quantitative estimate of drug-likeness (QED) is 0.414. The van der Waals surface area contributed by atoms with E-state index in [1.807, 2.05) is 47.8 Å². The summed E-state index contributed by atoms with van der Waals surface area (Å²) >= 11 is 1.53. The number of amides is 1. The fourth-order valence-corrected chi connectivity index (χ4v) is 3.28. The third kappa shape index (κ3) is 3.67. The first-order valence-corrected chi connectivity index (χ1v) is 8.37. The maximum Gasteiger partial charge on any atom is 0.292 e. The molecule has 0 aliphatic heterocycles. The van der Waals surface area contributed by atoms with Gasteiger partial charge in [-0.3, -0.25) is 14.9 Å². The maximum atomic E-state index is 12.6. The Bertz CT molecular complexity index is 895. The minimum atomic E-state index is -0.597. The van der Waals surface area contributed by atoms with E-state index in [2.05, 4.69) is 5.32 Å². The van der Waals surface area contributed by atoms with Crippen molar-refractivity contribution in [2.75, 3.05) is 5.73 Å². The van der Waals surface area contributed by atoms with Gasteiger partial charge in [-0.2, -0.15) is 0 Å². The van der Waals surface area contributed by atoms with Gasteiger partial charge in [-0.1, -0.05) is 36.4 Å². The van der Waals surface area contributed by atoms with Crippen molar-refractivity contribution in [1.29, 1.82) is 0 Å². The molecule has 6 nitrogen and oxygen atoms in total. The molecule has 0 spiro atoms. The standard InChI is InChI=1S/C18H15N3O3S/c19-14-9-8-13(11-15(14)21(23)24)18(22)20-17(16-7-4-10-25-16)12-5-2-1-3-6-12/h1-11,17H,19H2,(H,20,22). The number of nitrogens with zero attached hydrogens (tertiary/aromatic N) is 1. The smallest absolute Gasteiger partial charge is 0.292 e. The highest BCUT2D eigenvalue weighted by molar-refractivity contribution is 7.10. The molecule has 1 amide bonds. The average Bonchev–Trinajstić information content (AvgIpc) is 3.14. The van der Waals surface area contributed by atoms with E-state index in [0.717, 1.165) is 10.4 Å². The molecule has 1 atom stereocenters. The van der Waals surface area contributed by atoms with Gasteiger partial charge in [-0.15, -0.1) is 11.3 Å². The lowest BCUT2D eigenvalue weighted by Crippen LogP contribution is -2.28. The summed E-state index contributed by atoms with van der Waals surface area (Å²) in [4.78, 5) is 24.0. The SMILES string of the molecule is Nc1ccc(C(=O)NC(c2ccccc2)c2cccs2)cc1[N+](=O)[O-]. The Hall–Kier alpha value is -3.19. The summed E-state index contributed by atoms with van der Waals surface area (Å²) in [6.45, 7) is 0. The van der Waals surface area contributed by atoms with E-state index in [1.54, 1.807) is 0 Å². The molecule has 3 aromatic rings. The number of thiophene rings is 1. The molecular formula is C18H15N3O3S. The first-order valence-electron chi connectivity index (χ1n) is 7.49. The third-order valence-corrected chi connectivity index (χ3v) is 4.66. The van der Waals surface area contributed by atoms with Crippen LogP contribution in [0.3, 0.4) is 0 Å². The van der Waals surface area contributed by atoms with Crippen LogP contribution in [0.4, 0.5) is 11.4 Å². The van der Waals surface area contributed by atoms with Crippen LogP contribution in [0.5, 0.6) is 0 Å². The second-order valence-corrected chi connectivity index (χ2v) is 6.34. The molecule has 3 N–H and O–H groups in total. The number of anilines is 1. The van der Waals surface area contributed by atoms with E-state index < -0.39 is 10.8 Å². The van der Waals surface area contributed by atoms with Crippen molar-refractivity contribution in [3.63, 3.8) is 0 Å². The molecule has 0 saturated carbocycles. The normalized spacial score (nSPS) is 11.7. The van der Waals surface area contributed by atoms with Crippen LogP contribution in [-0.2, 0) is 0 Å². The Morgan fingerprint density at radius 2 is 1.88 bits per heavy atom. The van der Waals surface area contributed by atoms with Crippen molar-refractivity contribution in [2.24, 2.45) is 0 Å². The van der Waals surface area contributed by atoms with Gasteiger partial charge >= 0.3 is 0 Å². The molecule has 0 aliphatic rings. The molecular weight excluding hydrogens is 338 g/mol. The van der Waals surface area contributed by atoms with Gasteiger partial charge in [-0.25, -0.2) is 0 Å². The highest BCUT2D eigenvalue weighted by atomic mass is 32.1. The van der Waals surface area contributed by atoms with Gasteiger partial charge in [0.05, 0.1) is 11.0 Å². The lowest BCUT2D eigenvalue weighted by molar-refractivity contribution is -0.383. The minimum Gasteiger partial charge on any atom is -0.393 e. The van der Waals surface area contributed by atoms with E-state index in [4.69, 9.17) is 5.73 Å². The summed E-state index contributed by atoms with van der Waals surface area (Å²) in [5, 5.41) is 15.9. The van der Waals surface area contributed by atoms with Crippen LogP contribution in [0.2, 0.25) is 0 Å². The average molecular weight is 353 g/mol. The number of nitrogens with two attached hydrogens (primary N) is 1. The van der Waals surface area contributed by atoms with Gasteiger partial charge in [0, 0.05) is 16.5 Å². The monoisotopic (exact) mass is 353 g/mol. The van der Waals surface area contributed by atoms with Gasteiger partial charge in [0.1, 0.15) is 5.69 Å². The zero-order valence-corrected chi connectivity index (χ0v) is 13.9. The Labute approximate surface area is 148 Å². The first kappa shape index (κ1) is 16.7. The van der Waals surface area contributed by atoms with Crippen molar-refractivity contribution in [1.82, 2.24) is 5.32 Å². The summed E-state index contributed by atoms with van der Waals surface area (Å²) in [6, 6.07) is 17.1. The molecule has 3 rings (SSSR count). The Kier molecular flexibility index (Phi) is 4.76. The van der Waals surface area contributed by atoms with Gasteiger partial charge in [0.15, 0.2) is 0 Å². The number of hydrogen-bond acceptors (Lipinski definition) is 5. The molecule has 1 aromatic heterocycles. The van der Waals surface area contributed by atoms with Crippen LogP contribution in [0, 0.1) is 10.1 Å². The molecule has 7 heteroatoms. The molecule has 0 fully saturated rings. The number of nitrogen functional groups attached to an aromatic ring is 1. The third-order valence-electron chi connectivity index (χ3n) is 3.73. The second-order valence-electron chi connectivity index (χ2n) is 5.36. The zero-order chi connectivity index (χ0) is 17.8. The van der Waals surface area contributed by atoms with Crippen LogP contribution in [0.25, 0.3) is 0 Å². The van der Waals surface area contributed by atoms with E-state index in [1.165, 1.54) is 29.5 Å². The molecule has 1 heterocycles. The van der Waals surface area contributed by atoms with E-state index in [-0.39, 0.29) is 23.0 Å². The zero-order valence-electron chi connectivity index (χ0n) is 13.1. The summed E-state index contributed by atoms with van der Waals surface area (Å²) in [6.07, 6.45) is 0. The van der Waals surface area contributed by atoms with E-state index in [0.29, 0.717) is 0 Å². The lowest BCUT2D eigenvalue weighted by atomic mass is 10.0. The molecule has 2 aromatic carbocycles. The fraction of sp³-hybridized carbons (Fsp3) is 0.0556. The minimum absolute atomic E-state index is 0.0272. The van der Waals surface area contributed by atoms with Crippen LogP contribution in [-0.4, -0.2) is 10.8 Å². The van der Waals surface area contributed by atoms with Crippen LogP contribution in [0.15, 0.2) is 66.0 Å². The molecule has 0 bridgehead atoms. The van der Waals surface area contributed by atoms with Crippen molar-refractivity contribution in [3.05, 3.63) is 92.2 Å². The van der Waals surface area contributed by atoms with Crippen molar-refractivity contribution in [3.8, 4) is 0 Å². The number of hydrogen-bond donors (Lipinski definition) is 2. The van der Waals surface area contributed by atoms with Gasteiger partial charge < -0.3 is 11.1 Å². The Morgan fingerprint density at radius 3 is 2.52 bits per heavy atom. The van der Waals surface area contributed by atoms with Crippen LogP contribution < -0.4 is 11.1 Å². The highest BCUT2D eigenvalue weighted by Crippen LogP contribution is 2.27. The van der Waals surface area contributed by atoms with Crippen molar-refractivity contribution >= 4 is 28.6 Å². The van der Waals surface area contributed by atoms with Gasteiger partial charge in [0.2, 0.25) is 0 Å². The van der Waals surface area contributed by atoms with Crippen molar-refractivity contribution in [2.45, 2.75) is 6.04 Å². The summed E-state index contributed by atoms with van der Waals surface area (Å²) < 4.78 is 0. The second kappa shape index (κ2) is 7.14. The Morgan fingerprint density at radius 1 is 1.12 bits per heavy atom. The maximum absolute atomic E-state index is 12.6. The topological polar surface area (TPSA) is 98.3 Å². The summed E-state index contributed by atoms with van der Waals surface area (Å²) in [7, 11) is 0. The molecule has 0 aliphatic carbocycles. The van der Waals surface area contributed by atoms with Crippen molar-refractivity contribution < 1.29 is 9.72 Å². The first-order chi connectivity index (χ1) is 12.1. The van der Waals surface area contributed by atoms with E-state index in [9.17, 15) is 14.9 Å². The van der Waals surface area contributed by atoms with Gasteiger partial charge in [-0.05, 0) is 29.1 Å². The number of carbonyl (C=O) groups excluding carboxylic acids is 1. The summed E-state index contributed by atoms with van der Waals surface area (Å²) in [5.74, 6) is -0.398. The lowest BCUT2D eigenvalue weighted by Gasteiger charge is -2.18. The number of nitro benzene ring substituents is 1. The highest BCUT2D eigenvalue weighted by Gasteiger charge is 2.21. The predicted octanol–water partition coefficient (Wildman–Crippen LogP) is 3.76. The van der Waals surface area contributed by atoms with Crippen LogP contribution in [0.1, 0.15) is 26.8 Å². The largest absolute Gasteiger partial charge is 0.393 e. The number of nitro groups is 1. The molecule has 25 heavy (non-hydrogen) atoms. The molecule has 0 saturated heterocycles.